The molecule has 172 valence electrons. The van der Waals surface area contributed by atoms with Crippen molar-refractivity contribution in [2.24, 2.45) is 7.05 Å². The molecule has 3 atom stereocenters. The van der Waals surface area contributed by atoms with Crippen molar-refractivity contribution < 1.29 is 22.8 Å². The second-order valence-electron chi connectivity index (χ2n) is 8.06. The van der Waals surface area contributed by atoms with Gasteiger partial charge in [-0.15, -0.1) is 0 Å². The number of alkyl halides is 3. The van der Waals surface area contributed by atoms with Gasteiger partial charge in [-0.2, -0.15) is 13.2 Å². The molecule has 3 N–H and O–H groups in total. The van der Waals surface area contributed by atoms with E-state index in [4.69, 9.17) is 0 Å². The van der Waals surface area contributed by atoms with Crippen LogP contribution in [0.4, 0.5) is 23.7 Å². The predicted octanol–water partition coefficient (Wildman–Crippen LogP) is 1.07. The molecule has 32 heavy (non-hydrogen) atoms. The fraction of sp³-hybridized carbons (Fsp3) is 0.450. The van der Waals surface area contributed by atoms with Gasteiger partial charge in [0.1, 0.15) is 23.6 Å². The van der Waals surface area contributed by atoms with Gasteiger partial charge in [-0.05, 0) is 19.4 Å². The minimum atomic E-state index is -4.57. The molecule has 3 amide bonds. The van der Waals surface area contributed by atoms with Crippen LogP contribution in [0.25, 0.3) is 0 Å². The van der Waals surface area contributed by atoms with Crippen molar-refractivity contribution >= 4 is 17.6 Å². The van der Waals surface area contributed by atoms with Gasteiger partial charge in [0, 0.05) is 38.6 Å². The molecule has 0 spiro atoms. The Morgan fingerprint density at radius 3 is 2.78 bits per heavy atom. The van der Waals surface area contributed by atoms with Gasteiger partial charge in [0.05, 0.1) is 11.7 Å². The quantitative estimate of drug-likeness (QED) is 0.638. The smallest absolute Gasteiger partial charge is 0.366 e. The number of allylic oxidation sites excluding steroid dienone is 1. The van der Waals surface area contributed by atoms with Crippen LogP contribution >= 0.6 is 0 Å². The normalized spacial score (nSPS) is 22.9. The number of hydrogen-bond acceptors (Lipinski definition) is 5. The Hall–Kier alpha value is -3.44. The molecular weight excluding hydrogens is 429 g/mol. The molecule has 12 heteroatoms. The number of hydrogen-bond donors (Lipinski definition) is 3. The topological polar surface area (TPSA) is 98.7 Å². The van der Waals surface area contributed by atoms with Crippen molar-refractivity contribution in [1.29, 1.82) is 0 Å². The summed E-state index contributed by atoms with van der Waals surface area (Å²) in [6.45, 7) is 2.13. The van der Waals surface area contributed by atoms with E-state index in [1.54, 1.807) is 23.9 Å². The zero-order valence-electron chi connectivity index (χ0n) is 17.4. The maximum atomic E-state index is 13.2. The standard InChI is InChI=1S/C20H23F3N6O3/c1-11(20(21,22)23)24-18(31)13-3-4-15-17(25-13)29(12-5-8-28(15)9-12)19(32)26-14-10-27(2)7-6-16(14)30/h3-4,6-7,10-13,25H,5,8-9H2,1-2H3,(H,24,31)(H,26,32)/t11-,12+,13?/m1/s1. The zero-order valence-corrected chi connectivity index (χ0v) is 17.4. The lowest BCUT2D eigenvalue weighted by molar-refractivity contribution is -0.158. The number of aryl methyl sites for hydroxylation is 1. The molecule has 1 aromatic heterocycles. The molecule has 0 radical (unpaired) electrons. The number of dihydropyridines is 1. The van der Waals surface area contributed by atoms with E-state index < -0.39 is 30.2 Å². The Bertz CT molecular complexity index is 1060. The first kappa shape index (κ1) is 21.8. The monoisotopic (exact) mass is 452 g/mol. The highest BCUT2D eigenvalue weighted by Gasteiger charge is 2.43. The molecule has 1 fully saturated rings. The number of urea groups is 1. The molecular formula is C20H23F3N6O3. The van der Waals surface area contributed by atoms with Crippen molar-refractivity contribution in [1.82, 2.24) is 25.0 Å². The van der Waals surface area contributed by atoms with Crippen LogP contribution in [0.2, 0.25) is 0 Å². The van der Waals surface area contributed by atoms with Crippen molar-refractivity contribution in [3.63, 3.8) is 0 Å². The number of carbonyl (C=O) groups excluding carboxylic acids is 2. The summed E-state index contributed by atoms with van der Waals surface area (Å²) < 4.78 is 40.1. The first-order chi connectivity index (χ1) is 15.0. The maximum Gasteiger partial charge on any atom is 0.408 e. The van der Waals surface area contributed by atoms with E-state index in [0.29, 0.717) is 31.0 Å². The van der Waals surface area contributed by atoms with Crippen molar-refractivity contribution in [3.05, 3.63) is 52.4 Å². The van der Waals surface area contributed by atoms with Crippen molar-refractivity contribution in [3.8, 4) is 0 Å². The van der Waals surface area contributed by atoms with Crippen LogP contribution in [-0.4, -0.2) is 63.7 Å². The molecule has 0 aliphatic carbocycles. The molecule has 1 aromatic rings. The van der Waals surface area contributed by atoms with E-state index in [-0.39, 0.29) is 17.2 Å². The molecule has 4 heterocycles. The zero-order chi connectivity index (χ0) is 23.2. The fourth-order valence-corrected chi connectivity index (χ4v) is 4.00. The Morgan fingerprint density at radius 1 is 1.31 bits per heavy atom. The minimum absolute atomic E-state index is 0.0993. The number of fused-ring (bicyclic) bond motifs is 3. The number of aromatic nitrogens is 1. The number of halogens is 3. The summed E-state index contributed by atoms with van der Waals surface area (Å²) >= 11 is 0. The average Bonchev–Trinajstić information content (AvgIpc) is 3.14. The maximum absolute atomic E-state index is 13.2. The van der Waals surface area contributed by atoms with Gasteiger partial charge in [0.15, 0.2) is 0 Å². The summed E-state index contributed by atoms with van der Waals surface area (Å²) in [6, 6.07) is -2.54. The van der Waals surface area contributed by atoms with E-state index in [9.17, 15) is 27.6 Å². The Kier molecular flexibility index (Phi) is 5.39. The van der Waals surface area contributed by atoms with Gasteiger partial charge in [-0.25, -0.2) is 4.79 Å². The lowest BCUT2D eigenvalue weighted by atomic mass is 10.1. The molecule has 3 aliphatic heterocycles. The first-order valence-corrected chi connectivity index (χ1v) is 10.1. The van der Waals surface area contributed by atoms with E-state index in [0.717, 1.165) is 6.92 Å². The summed E-state index contributed by atoms with van der Waals surface area (Å²) in [5.41, 5.74) is 0.413. The number of carbonyl (C=O) groups is 2. The highest BCUT2D eigenvalue weighted by Crippen LogP contribution is 2.33. The number of rotatable bonds is 3. The van der Waals surface area contributed by atoms with Crippen LogP contribution in [0.5, 0.6) is 0 Å². The molecule has 3 aliphatic rings. The minimum Gasteiger partial charge on any atom is -0.366 e. The molecule has 1 saturated heterocycles. The van der Waals surface area contributed by atoms with Gasteiger partial charge in [0.25, 0.3) is 0 Å². The van der Waals surface area contributed by atoms with Crippen molar-refractivity contribution in [2.75, 3.05) is 18.4 Å². The van der Waals surface area contributed by atoms with Crippen LogP contribution in [0.1, 0.15) is 13.3 Å². The molecule has 2 bridgehead atoms. The SMILES string of the molecule is C[C@@H](NC(=O)C1C=CC2=C(N1)N(C(=O)Nc1cn(C)ccc1=O)[C@H]1CCN2C1)C(F)(F)F. The number of amides is 3. The van der Waals surface area contributed by atoms with Crippen LogP contribution < -0.4 is 21.4 Å². The largest absolute Gasteiger partial charge is 0.408 e. The van der Waals surface area contributed by atoms with Crippen LogP contribution in [0.15, 0.2) is 46.9 Å². The van der Waals surface area contributed by atoms with Crippen LogP contribution in [-0.2, 0) is 11.8 Å². The molecule has 0 aromatic carbocycles. The summed E-state index contributed by atoms with van der Waals surface area (Å²) in [7, 11) is 1.71. The van der Waals surface area contributed by atoms with Gasteiger partial charge in [-0.1, -0.05) is 6.08 Å². The summed E-state index contributed by atoms with van der Waals surface area (Å²) in [5, 5.41) is 7.47. The van der Waals surface area contributed by atoms with Gasteiger partial charge >= 0.3 is 12.2 Å². The molecule has 0 saturated carbocycles. The Labute approximate surface area is 181 Å². The van der Waals surface area contributed by atoms with Crippen molar-refractivity contribution in [2.45, 2.75) is 37.6 Å². The lowest BCUT2D eigenvalue weighted by Crippen LogP contribution is -2.57. The average molecular weight is 452 g/mol. The second-order valence-corrected chi connectivity index (χ2v) is 8.06. The van der Waals surface area contributed by atoms with E-state index in [1.807, 2.05) is 10.2 Å². The summed E-state index contributed by atoms with van der Waals surface area (Å²) in [6.07, 6.45) is 2.26. The third-order valence-electron chi connectivity index (χ3n) is 5.74. The Morgan fingerprint density at radius 2 is 2.06 bits per heavy atom. The highest BCUT2D eigenvalue weighted by atomic mass is 19.4. The predicted molar refractivity (Wildman–Crippen MR) is 109 cm³/mol. The first-order valence-electron chi connectivity index (χ1n) is 10.1. The van der Waals surface area contributed by atoms with Gasteiger partial charge in [0.2, 0.25) is 11.3 Å². The second kappa shape index (κ2) is 7.92. The van der Waals surface area contributed by atoms with E-state index in [1.165, 1.54) is 23.2 Å². The molecule has 1 unspecified atom stereocenters. The van der Waals surface area contributed by atoms with E-state index in [2.05, 4.69) is 10.6 Å². The summed E-state index contributed by atoms with van der Waals surface area (Å²) in [5.74, 6) is -0.533. The number of nitrogens with one attached hydrogen (secondary N) is 3. The third-order valence-corrected chi connectivity index (χ3v) is 5.74. The van der Waals surface area contributed by atoms with Gasteiger partial charge in [-0.3, -0.25) is 14.5 Å². The van der Waals surface area contributed by atoms with E-state index >= 15 is 0 Å². The molecule has 4 rings (SSSR count). The van der Waals surface area contributed by atoms with Crippen LogP contribution in [0.3, 0.4) is 0 Å². The third kappa shape index (κ3) is 4.04. The Balaban J connectivity index is 1.57. The molecule has 9 nitrogen and oxygen atoms in total. The van der Waals surface area contributed by atoms with Gasteiger partial charge < -0.3 is 25.4 Å². The summed E-state index contributed by atoms with van der Waals surface area (Å²) in [4.78, 5) is 41.2. The lowest BCUT2D eigenvalue weighted by Gasteiger charge is -2.41. The van der Waals surface area contributed by atoms with Crippen LogP contribution in [0, 0.1) is 0 Å². The number of pyridine rings is 1. The number of anilines is 1. The fourth-order valence-electron chi connectivity index (χ4n) is 4.00. The highest BCUT2D eigenvalue weighted by molar-refractivity contribution is 5.91. The number of nitrogens with zero attached hydrogens (tertiary/aromatic N) is 3.